The van der Waals surface area contributed by atoms with Crippen molar-refractivity contribution in [3.05, 3.63) is 58.3 Å². The van der Waals surface area contributed by atoms with Gasteiger partial charge in [0.25, 0.3) is 0 Å². The van der Waals surface area contributed by atoms with E-state index in [0.29, 0.717) is 4.48 Å². The van der Waals surface area contributed by atoms with E-state index in [1.807, 2.05) is 0 Å². The summed E-state index contributed by atoms with van der Waals surface area (Å²) in [6.45, 7) is 5.06. The maximum atomic E-state index is 6.64. The number of benzene rings is 2. The Morgan fingerprint density at radius 1 is 1.00 bits per heavy atom. The summed E-state index contributed by atoms with van der Waals surface area (Å²) >= 11 is 13.2. The molecule has 1 aliphatic rings. The van der Waals surface area contributed by atoms with Crippen LogP contribution in [0.25, 0.3) is 10.8 Å². The molecule has 140 valence electrons. The van der Waals surface area contributed by atoms with Crippen LogP contribution >= 0.6 is 23.2 Å². The van der Waals surface area contributed by atoms with Crippen LogP contribution in [0.15, 0.2) is 52.8 Å². The topological polar surface area (TPSA) is 3.24 Å². The van der Waals surface area contributed by atoms with E-state index in [0.717, 1.165) is 36.5 Å². The largest absolute Gasteiger partial charge is 0.309 e. The zero-order valence-electron chi connectivity index (χ0n) is 15.8. The fraction of sp³-hybridized carbons (Fsp3) is 0.455. The molecular formula is C22H29Cl2N2+. The van der Waals surface area contributed by atoms with Crippen LogP contribution < -0.4 is 0 Å². The lowest BCUT2D eigenvalue weighted by atomic mass is 10.0. The molecule has 0 bridgehead atoms. The monoisotopic (exact) mass is 391 g/mol. The number of likely N-dealkylation sites (N-methyl/N-ethyl adjacent to an activating group) is 1. The van der Waals surface area contributed by atoms with Gasteiger partial charge in [0.15, 0.2) is 11.8 Å². The van der Waals surface area contributed by atoms with Crippen molar-refractivity contribution in [1.29, 1.82) is 0 Å². The highest BCUT2D eigenvalue weighted by molar-refractivity contribution is 6.38. The van der Waals surface area contributed by atoms with Gasteiger partial charge in [0.05, 0.1) is 13.6 Å². The molecule has 2 nitrogen and oxygen atoms in total. The Morgan fingerprint density at radius 3 is 2.54 bits per heavy atom. The smallest absolute Gasteiger partial charge is 0.238 e. The Hall–Kier alpha value is -1.22. The summed E-state index contributed by atoms with van der Waals surface area (Å²) in [5.74, 6) is 0. The molecular weight excluding hydrogens is 363 g/mol. The number of unbranched alkanes of at least 4 members (excludes halogenated alkanes) is 3. The maximum absolute atomic E-state index is 6.64. The Balaban J connectivity index is 1.62. The zero-order chi connectivity index (χ0) is 18.6. The van der Waals surface area contributed by atoms with E-state index in [1.165, 1.54) is 42.0 Å². The third-order valence-electron chi connectivity index (χ3n) is 5.39. The summed E-state index contributed by atoms with van der Waals surface area (Å²) in [5.41, 5.74) is 1.35. The first-order valence-corrected chi connectivity index (χ1v) is 10.4. The summed E-state index contributed by atoms with van der Waals surface area (Å²) in [6, 6.07) is 15.2. The average molecular weight is 392 g/mol. The highest BCUT2D eigenvalue weighted by atomic mass is 35.5. The highest BCUT2D eigenvalue weighted by Crippen LogP contribution is 2.35. The first-order chi connectivity index (χ1) is 12.5. The normalized spacial score (nSPS) is 20.4. The minimum atomic E-state index is 0.695. The van der Waals surface area contributed by atoms with Crippen molar-refractivity contribution in [3.8, 4) is 0 Å². The van der Waals surface area contributed by atoms with Gasteiger partial charge in [-0.05, 0) is 34.4 Å². The van der Waals surface area contributed by atoms with Gasteiger partial charge in [-0.2, -0.15) is 0 Å². The molecule has 1 unspecified atom stereocenters. The van der Waals surface area contributed by atoms with Gasteiger partial charge in [0, 0.05) is 13.0 Å². The van der Waals surface area contributed by atoms with Crippen LogP contribution in [0.3, 0.4) is 0 Å². The fourth-order valence-electron chi connectivity index (χ4n) is 3.69. The van der Waals surface area contributed by atoms with Crippen LogP contribution in [-0.2, 0) is 6.42 Å². The number of halogens is 2. The molecule has 0 spiro atoms. The number of quaternary nitrogens is 1. The molecule has 26 heavy (non-hydrogen) atoms. The van der Waals surface area contributed by atoms with Crippen molar-refractivity contribution in [3.63, 3.8) is 0 Å². The molecule has 0 saturated carbocycles. The van der Waals surface area contributed by atoms with Gasteiger partial charge in [-0.3, -0.25) is 4.48 Å². The number of hydrogen-bond donors (Lipinski definition) is 0. The van der Waals surface area contributed by atoms with Crippen LogP contribution in [0, 0.1) is 0 Å². The molecule has 0 amide bonds. The predicted octanol–water partition coefficient (Wildman–Crippen LogP) is 6.29. The zero-order valence-corrected chi connectivity index (χ0v) is 17.4. The SMILES string of the molecule is CCCCCCN1C[N+](C)(CCc2ccc3ccccc3c2)C(Cl)=C1Cl. The molecule has 2 aromatic rings. The first-order valence-electron chi connectivity index (χ1n) is 9.66. The lowest BCUT2D eigenvalue weighted by Crippen LogP contribution is -2.44. The third kappa shape index (κ3) is 4.36. The summed E-state index contributed by atoms with van der Waals surface area (Å²) in [7, 11) is 2.19. The Kier molecular flexibility index (Phi) is 6.50. The van der Waals surface area contributed by atoms with Gasteiger partial charge >= 0.3 is 0 Å². The summed E-state index contributed by atoms with van der Waals surface area (Å²) < 4.78 is 0.695. The van der Waals surface area contributed by atoms with Gasteiger partial charge in [0.2, 0.25) is 5.16 Å². The van der Waals surface area contributed by atoms with Crippen LogP contribution in [0.2, 0.25) is 0 Å². The minimum absolute atomic E-state index is 0.695. The summed E-state index contributed by atoms with van der Waals surface area (Å²) in [5, 5.41) is 4.11. The molecule has 0 radical (unpaired) electrons. The Labute approximate surface area is 167 Å². The summed E-state index contributed by atoms with van der Waals surface area (Å²) in [4.78, 5) is 2.25. The van der Waals surface area contributed by atoms with Gasteiger partial charge in [0.1, 0.15) is 0 Å². The van der Waals surface area contributed by atoms with Crippen molar-refractivity contribution < 1.29 is 4.48 Å². The van der Waals surface area contributed by atoms with E-state index >= 15 is 0 Å². The van der Waals surface area contributed by atoms with Crippen molar-refractivity contribution in [2.75, 3.05) is 26.8 Å². The molecule has 0 aromatic heterocycles. The van der Waals surface area contributed by atoms with Crippen LogP contribution in [0.4, 0.5) is 0 Å². The van der Waals surface area contributed by atoms with Crippen molar-refractivity contribution >= 4 is 34.0 Å². The number of hydrogen-bond acceptors (Lipinski definition) is 1. The minimum Gasteiger partial charge on any atom is -0.309 e. The van der Waals surface area contributed by atoms with E-state index < -0.39 is 0 Å². The molecule has 2 aromatic carbocycles. The van der Waals surface area contributed by atoms with Gasteiger partial charge < -0.3 is 4.90 Å². The van der Waals surface area contributed by atoms with E-state index in [9.17, 15) is 0 Å². The molecule has 1 atom stereocenters. The van der Waals surface area contributed by atoms with Crippen molar-refractivity contribution in [1.82, 2.24) is 4.90 Å². The second kappa shape index (κ2) is 8.65. The molecule has 1 aliphatic heterocycles. The van der Waals surface area contributed by atoms with Gasteiger partial charge in [-0.15, -0.1) is 0 Å². The van der Waals surface area contributed by atoms with E-state index in [-0.39, 0.29) is 0 Å². The lowest BCUT2D eigenvalue weighted by Gasteiger charge is -2.30. The molecule has 0 saturated heterocycles. The summed E-state index contributed by atoms with van der Waals surface area (Å²) in [6.07, 6.45) is 5.97. The van der Waals surface area contributed by atoms with Crippen LogP contribution in [0.1, 0.15) is 38.2 Å². The van der Waals surface area contributed by atoms with Crippen LogP contribution in [0.5, 0.6) is 0 Å². The van der Waals surface area contributed by atoms with Gasteiger partial charge in [-0.1, -0.05) is 80.3 Å². The highest BCUT2D eigenvalue weighted by Gasteiger charge is 2.39. The second-order valence-corrected chi connectivity index (χ2v) is 8.31. The van der Waals surface area contributed by atoms with Crippen molar-refractivity contribution in [2.24, 2.45) is 0 Å². The standard InChI is InChI=1S/C22H29Cl2N2/c1-3-4-5-8-14-25-17-26(2,22(24)21(25)23)15-13-18-11-12-19-9-6-7-10-20(19)16-18/h6-7,9-12,16H,3-5,8,13-15,17H2,1-2H3/q+1. The maximum Gasteiger partial charge on any atom is 0.238 e. The lowest BCUT2D eigenvalue weighted by molar-refractivity contribution is -0.867. The Morgan fingerprint density at radius 2 is 1.77 bits per heavy atom. The Bertz CT molecular complexity index is 787. The molecule has 4 heteroatoms. The third-order valence-corrected chi connectivity index (χ3v) is 6.50. The predicted molar refractivity (Wildman–Crippen MR) is 113 cm³/mol. The number of fused-ring (bicyclic) bond motifs is 1. The first kappa shape index (κ1) is 19.5. The average Bonchev–Trinajstić information content (AvgIpc) is 2.88. The molecule has 0 aliphatic carbocycles. The molecule has 0 N–H and O–H groups in total. The van der Waals surface area contributed by atoms with Gasteiger partial charge in [-0.25, -0.2) is 0 Å². The van der Waals surface area contributed by atoms with Crippen molar-refractivity contribution in [2.45, 2.75) is 39.0 Å². The fourth-order valence-corrected chi connectivity index (χ4v) is 4.29. The number of nitrogens with zero attached hydrogens (tertiary/aromatic N) is 2. The molecule has 0 fully saturated rings. The van der Waals surface area contributed by atoms with Crippen LogP contribution in [-0.4, -0.2) is 36.2 Å². The molecule has 1 heterocycles. The number of rotatable bonds is 8. The molecule has 3 rings (SSSR count). The van der Waals surface area contributed by atoms with E-state index in [2.05, 4.69) is 61.3 Å². The van der Waals surface area contributed by atoms with E-state index in [1.54, 1.807) is 0 Å². The second-order valence-electron chi connectivity index (χ2n) is 7.60. The quantitative estimate of drug-likeness (QED) is 0.290. The van der Waals surface area contributed by atoms with E-state index in [4.69, 9.17) is 23.2 Å².